The number of nitrogens with zero attached hydrogens (tertiary/aromatic N) is 1. The maximum absolute atomic E-state index is 9.39. The molecule has 0 atom stereocenters. The van der Waals surface area contributed by atoms with Crippen molar-refractivity contribution in [3.63, 3.8) is 0 Å². The van der Waals surface area contributed by atoms with Crippen molar-refractivity contribution in [2.45, 2.75) is 0 Å². The van der Waals surface area contributed by atoms with Crippen molar-refractivity contribution in [3.8, 4) is 5.75 Å². The number of phenolic OH excluding ortho intramolecular Hbond substituents is 1. The van der Waals surface area contributed by atoms with Gasteiger partial charge in [-0.15, -0.1) is 0 Å². The zero-order valence-electron chi connectivity index (χ0n) is 7.51. The van der Waals surface area contributed by atoms with E-state index in [1.807, 2.05) is 24.4 Å². The summed E-state index contributed by atoms with van der Waals surface area (Å²) < 4.78 is 2.06. The van der Waals surface area contributed by atoms with Crippen LogP contribution in [-0.2, 0) is 0 Å². The topological polar surface area (TPSA) is 24.6 Å². The molecule has 3 aromatic rings. The van der Waals surface area contributed by atoms with Gasteiger partial charge in [0.05, 0.1) is 5.52 Å². The van der Waals surface area contributed by atoms with E-state index >= 15 is 0 Å². The first-order valence-corrected chi connectivity index (χ1v) is 4.53. The Balaban J connectivity index is 2.58. The van der Waals surface area contributed by atoms with Gasteiger partial charge in [0.15, 0.2) is 0 Å². The molecule has 2 nitrogen and oxygen atoms in total. The van der Waals surface area contributed by atoms with E-state index < -0.39 is 0 Å². The zero-order valence-corrected chi connectivity index (χ0v) is 7.51. The highest BCUT2D eigenvalue weighted by Crippen LogP contribution is 2.23. The van der Waals surface area contributed by atoms with E-state index in [9.17, 15) is 5.11 Å². The van der Waals surface area contributed by atoms with E-state index in [0.29, 0.717) is 5.75 Å². The third-order valence-corrected chi connectivity index (χ3v) is 2.47. The lowest BCUT2D eigenvalue weighted by molar-refractivity contribution is 0.476. The van der Waals surface area contributed by atoms with E-state index in [1.165, 1.54) is 0 Å². The van der Waals surface area contributed by atoms with Crippen molar-refractivity contribution in [2.24, 2.45) is 0 Å². The molecular weight excluding hydrogens is 174 g/mol. The quantitative estimate of drug-likeness (QED) is 0.569. The van der Waals surface area contributed by atoms with E-state index in [2.05, 4.69) is 16.5 Å². The number of fused-ring (bicyclic) bond motifs is 3. The lowest BCUT2D eigenvalue weighted by Gasteiger charge is -1.96. The highest BCUT2D eigenvalue weighted by molar-refractivity contribution is 5.88. The van der Waals surface area contributed by atoms with Crippen LogP contribution in [0.4, 0.5) is 0 Å². The smallest absolute Gasteiger partial charge is 0.117 e. The second-order valence-electron chi connectivity index (χ2n) is 3.38. The van der Waals surface area contributed by atoms with Gasteiger partial charge in [-0.2, -0.15) is 0 Å². The van der Waals surface area contributed by atoms with E-state index in [0.717, 1.165) is 16.4 Å². The maximum atomic E-state index is 9.39. The van der Waals surface area contributed by atoms with Crippen LogP contribution in [0.2, 0.25) is 0 Å². The first-order valence-electron chi connectivity index (χ1n) is 4.53. The number of benzene rings is 1. The van der Waals surface area contributed by atoms with Crippen LogP contribution in [0.3, 0.4) is 0 Å². The molecule has 0 aliphatic rings. The van der Waals surface area contributed by atoms with Crippen LogP contribution in [-0.4, -0.2) is 9.51 Å². The van der Waals surface area contributed by atoms with Gasteiger partial charge in [0.1, 0.15) is 5.75 Å². The Hall–Kier alpha value is -1.96. The molecule has 0 radical (unpaired) electrons. The fourth-order valence-corrected chi connectivity index (χ4v) is 1.82. The van der Waals surface area contributed by atoms with Crippen molar-refractivity contribution < 1.29 is 5.11 Å². The monoisotopic (exact) mass is 183 g/mol. The van der Waals surface area contributed by atoms with Gasteiger partial charge in [-0.1, -0.05) is 6.07 Å². The maximum Gasteiger partial charge on any atom is 0.117 e. The highest BCUT2D eigenvalue weighted by atomic mass is 16.3. The Morgan fingerprint density at radius 2 is 1.93 bits per heavy atom. The number of aromatic nitrogens is 1. The molecule has 68 valence electrons. The average molecular weight is 183 g/mol. The summed E-state index contributed by atoms with van der Waals surface area (Å²) in [5.74, 6) is 0.307. The molecule has 0 aliphatic carbocycles. The minimum absolute atomic E-state index is 0.307. The number of rotatable bonds is 0. The molecule has 0 saturated heterocycles. The number of hydrogen-bond acceptors (Lipinski definition) is 1. The summed E-state index contributed by atoms with van der Waals surface area (Å²) in [5.41, 5.74) is 2.19. The molecule has 2 heteroatoms. The van der Waals surface area contributed by atoms with Crippen LogP contribution in [0, 0.1) is 0 Å². The fourth-order valence-electron chi connectivity index (χ4n) is 1.82. The summed E-state index contributed by atoms with van der Waals surface area (Å²) in [4.78, 5) is 0. The predicted molar refractivity (Wildman–Crippen MR) is 56.6 cm³/mol. The van der Waals surface area contributed by atoms with Gasteiger partial charge in [0, 0.05) is 23.2 Å². The largest absolute Gasteiger partial charge is 0.508 e. The normalized spacial score (nSPS) is 11.1. The molecule has 2 heterocycles. The molecule has 0 spiro atoms. The van der Waals surface area contributed by atoms with Gasteiger partial charge in [0.2, 0.25) is 0 Å². The van der Waals surface area contributed by atoms with Crippen molar-refractivity contribution in [2.75, 3.05) is 0 Å². The molecular formula is C12H9NO. The first-order chi connectivity index (χ1) is 6.84. The van der Waals surface area contributed by atoms with Gasteiger partial charge < -0.3 is 9.51 Å². The second-order valence-corrected chi connectivity index (χ2v) is 3.38. The Morgan fingerprint density at radius 1 is 1.00 bits per heavy atom. The minimum Gasteiger partial charge on any atom is -0.508 e. The second kappa shape index (κ2) is 2.51. The first kappa shape index (κ1) is 7.44. The molecule has 0 fully saturated rings. The van der Waals surface area contributed by atoms with Gasteiger partial charge >= 0.3 is 0 Å². The standard InChI is InChI=1S/C12H9NO/c14-11-5-4-9-7-10-3-1-2-6-13(10)12(9)8-11/h1-8,14H. The summed E-state index contributed by atoms with van der Waals surface area (Å²) in [6, 6.07) is 13.6. The lowest BCUT2D eigenvalue weighted by atomic mass is 10.2. The minimum atomic E-state index is 0.307. The van der Waals surface area contributed by atoms with Crippen LogP contribution < -0.4 is 0 Å². The van der Waals surface area contributed by atoms with Gasteiger partial charge in [-0.3, -0.25) is 0 Å². The van der Waals surface area contributed by atoms with E-state index in [-0.39, 0.29) is 0 Å². The summed E-state index contributed by atoms with van der Waals surface area (Å²) >= 11 is 0. The molecule has 3 rings (SSSR count). The van der Waals surface area contributed by atoms with Crippen LogP contribution in [0.25, 0.3) is 16.4 Å². The average Bonchev–Trinajstić information content (AvgIpc) is 2.56. The molecule has 0 saturated carbocycles. The van der Waals surface area contributed by atoms with Crippen molar-refractivity contribution in [3.05, 3.63) is 48.7 Å². The highest BCUT2D eigenvalue weighted by Gasteiger charge is 2.01. The summed E-state index contributed by atoms with van der Waals surface area (Å²) in [5, 5.41) is 10.5. The molecule has 1 aromatic carbocycles. The number of aromatic hydroxyl groups is 1. The molecule has 1 N–H and O–H groups in total. The summed E-state index contributed by atoms with van der Waals surface area (Å²) in [7, 11) is 0. The van der Waals surface area contributed by atoms with Crippen LogP contribution >= 0.6 is 0 Å². The Labute approximate surface area is 81.0 Å². The Kier molecular flexibility index (Phi) is 1.34. The third kappa shape index (κ3) is 0.909. The molecule has 0 amide bonds. The van der Waals surface area contributed by atoms with Gasteiger partial charge in [-0.25, -0.2) is 0 Å². The van der Waals surface area contributed by atoms with Crippen molar-refractivity contribution >= 4 is 16.4 Å². The SMILES string of the molecule is Oc1ccc2cc3ccccn3c2c1. The fraction of sp³-hybridized carbons (Fsp3) is 0. The lowest BCUT2D eigenvalue weighted by Crippen LogP contribution is -1.80. The van der Waals surface area contributed by atoms with Crippen molar-refractivity contribution in [1.82, 2.24) is 4.40 Å². The zero-order chi connectivity index (χ0) is 9.54. The van der Waals surface area contributed by atoms with Gasteiger partial charge in [-0.05, 0) is 30.3 Å². The van der Waals surface area contributed by atoms with E-state index in [1.54, 1.807) is 12.1 Å². The molecule has 14 heavy (non-hydrogen) atoms. The molecule has 0 aliphatic heterocycles. The molecule has 2 aromatic heterocycles. The van der Waals surface area contributed by atoms with Gasteiger partial charge in [0.25, 0.3) is 0 Å². The van der Waals surface area contributed by atoms with Crippen molar-refractivity contribution in [1.29, 1.82) is 0 Å². The number of pyridine rings is 1. The van der Waals surface area contributed by atoms with Crippen LogP contribution in [0.1, 0.15) is 0 Å². The third-order valence-electron chi connectivity index (χ3n) is 2.47. The molecule has 0 unspecified atom stereocenters. The van der Waals surface area contributed by atoms with E-state index in [4.69, 9.17) is 0 Å². The summed E-state index contributed by atoms with van der Waals surface area (Å²) in [6.07, 6.45) is 2.00. The molecule has 0 bridgehead atoms. The van der Waals surface area contributed by atoms with Crippen LogP contribution in [0.5, 0.6) is 5.75 Å². The number of hydrogen-bond donors (Lipinski definition) is 1. The van der Waals surface area contributed by atoms with Crippen LogP contribution in [0.15, 0.2) is 48.7 Å². The number of phenols is 1. The predicted octanol–water partition coefficient (Wildman–Crippen LogP) is 2.80. The Morgan fingerprint density at radius 3 is 2.86 bits per heavy atom. The Bertz CT molecular complexity index is 610. The summed E-state index contributed by atoms with van der Waals surface area (Å²) in [6.45, 7) is 0.